The zero-order valence-corrected chi connectivity index (χ0v) is 19.3. The van der Waals surface area contributed by atoms with Crippen molar-refractivity contribution in [1.82, 2.24) is 4.57 Å². The van der Waals surface area contributed by atoms with Crippen molar-refractivity contribution in [2.24, 2.45) is 5.16 Å². The normalized spacial score (nSPS) is 11.7. The molecule has 0 radical (unpaired) electrons. The van der Waals surface area contributed by atoms with Crippen molar-refractivity contribution in [3.63, 3.8) is 0 Å². The lowest BCUT2D eigenvalue weighted by molar-refractivity contribution is -0.384. The molecule has 0 amide bonds. The minimum atomic E-state index is -0.647. The highest BCUT2D eigenvalue weighted by molar-refractivity contribution is 6.51. The van der Waals surface area contributed by atoms with Crippen LogP contribution in [0, 0.1) is 10.1 Å². The maximum absolute atomic E-state index is 13.5. The number of nitro benzene ring substituents is 1. The van der Waals surface area contributed by atoms with Gasteiger partial charge in [-0.3, -0.25) is 14.9 Å². The quantitative estimate of drug-likeness (QED) is 0.0854. The minimum Gasteiger partial charge on any atom is -0.380 e. The van der Waals surface area contributed by atoms with E-state index >= 15 is 0 Å². The third-order valence-electron chi connectivity index (χ3n) is 5.51. The third-order valence-corrected chi connectivity index (χ3v) is 5.51. The number of nitro groups is 1. The van der Waals surface area contributed by atoms with Gasteiger partial charge in [-0.25, -0.2) is 4.79 Å². The van der Waals surface area contributed by atoms with Crippen molar-refractivity contribution in [2.45, 2.75) is 20.4 Å². The number of rotatable bonds is 9. The van der Waals surface area contributed by atoms with E-state index in [0.29, 0.717) is 41.7 Å². The molecular formula is C26H23N3O6. The molecule has 0 aliphatic rings. The van der Waals surface area contributed by atoms with Gasteiger partial charge < -0.3 is 14.1 Å². The van der Waals surface area contributed by atoms with Crippen LogP contribution >= 0.6 is 0 Å². The summed E-state index contributed by atoms with van der Waals surface area (Å²) < 4.78 is 7.53. The Bertz CT molecular complexity index is 1460. The average molecular weight is 473 g/mol. The second kappa shape index (κ2) is 10.3. The molecule has 0 saturated carbocycles. The molecule has 0 N–H and O–H groups in total. The highest BCUT2D eigenvalue weighted by Crippen LogP contribution is 2.33. The lowest BCUT2D eigenvalue weighted by Gasteiger charge is -2.08. The molecule has 0 unspecified atom stereocenters. The monoisotopic (exact) mass is 473 g/mol. The highest BCUT2D eigenvalue weighted by atomic mass is 16.7. The van der Waals surface area contributed by atoms with Crippen LogP contribution in [0.2, 0.25) is 0 Å². The van der Waals surface area contributed by atoms with Crippen LogP contribution in [0.25, 0.3) is 21.8 Å². The number of carbonyl (C=O) groups excluding carboxylic acids is 2. The summed E-state index contributed by atoms with van der Waals surface area (Å²) in [6.45, 7) is 4.70. The molecule has 178 valence electrons. The molecule has 0 saturated heterocycles. The Labute approximate surface area is 200 Å². The van der Waals surface area contributed by atoms with E-state index < -0.39 is 16.7 Å². The second-order valence-corrected chi connectivity index (χ2v) is 7.76. The second-order valence-electron chi connectivity index (χ2n) is 7.76. The Kier molecular flexibility index (Phi) is 6.98. The van der Waals surface area contributed by atoms with E-state index in [2.05, 4.69) is 5.16 Å². The number of fused-ring (bicyclic) bond motifs is 3. The Balaban J connectivity index is 1.86. The standard InChI is InChI=1S/C26H23N3O6/c1-3-34-14-13-28-23-11-9-19(15-21(23)22-16-20(29(32)33)10-12-24(22)28)26(31)25(27-35-17(2)30)18-7-5-4-6-8-18/h4-12,15-16H,3,13-14H2,1-2H3. The van der Waals surface area contributed by atoms with Crippen molar-refractivity contribution in [3.05, 3.63) is 88.0 Å². The van der Waals surface area contributed by atoms with Crippen molar-refractivity contribution in [3.8, 4) is 0 Å². The molecule has 1 heterocycles. The number of non-ortho nitro benzene ring substituents is 1. The molecule has 3 aromatic carbocycles. The summed E-state index contributed by atoms with van der Waals surface area (Å²) >= 11 is 0. The van der Waals surface area contributed by atoms with Gasteiger partial charge in [0, 0.05) is 65.1 Å². The van der Waals surface area contributed by atoms with E-state index in [1.165, 1.54) is 19.1 Å². The largest absolute Gasteiger partial charge is 0.380 e. The molecule has 9 nitrogen and oxygen atoms in total. The van der Waals surface area contributed by atoms with Crippen molar-refractivity contribution < 1.29 is 24.1 Å². The Morgan fingerprint density at radius 3 is 2.31 bits per heavy atom. The zero-order valence-electron chi connectivity index (χ0n) is 19.3. The van der Waals surface area contributed by atoms with Crippen molar-refractivity contribution >= 4 is 45.0 Å². The fraction of sp³-hybridized carbons (Fsp3) is 0.192. The number of hydrogen-bond donors (Lipinski definition) is 0. The molecule has 4 aromatic rings. The van der Waals surface area contributed by atoms with Crippen LogP contribution in [-0.4, -0.2) is 40.2 Å². The minimum absolute atomic E-state index is 0.0220. The SMILES string of the molecule is CCOCCn1c2ccc(C(=O)C(=NOC(C)=O)c3ccccc3)cc2c2cc([N+](=O)[O-])ccc21. The molecule has 0 aliphatic carbocycles. The molecule has 0 aliphatic heterocycles. The first-order valence-corrected chi connectivity index (χ1v) is 11.0. The van der Waals surface area contributed by atoms with Crippen LogP contribution in [0.4, 0.5) is 5.69 Å². The number of nitrogens with zero attached hydrogens (tertiary/aromatic N) is 3. The number of ether oxygens (including phenoxy) is 1. The molecule has 4 rings (SSSR count). The molecule has 0 atom stereocenters. The summed E-state index contributed by atoms with van der Waals surface area (Å²) in [6, 6.07) is 18.5. The predicted octanol–water partition coefficient (Wildman–Crippen LogP) is 4.89. The summed E-state index contributed by atoms with van der Waals surface area (Å²) in [7, 11) is 0. The van der Waals surface area contributed by atoms with E-state index in [1.54, 1.807) is 54.6 Å². The number of aromatic nitrogens is 1. The number of hydrogen-bond acceptors (Lipinski definition) is 7. The summed E-state index contributed by atoms with van der Waals surface area (Å²) in [4.78, 5) is 40.6. The smallest absolute Gasteiger partial charge is 0.332 e. The van der Waals surface area contributed by atoms with Gasteiger partial charge in [0.2, 0.25) is 5.78 Å². The Morgan fingerprint density at radius 1 is 0.971 bits per heavy atom. The Morgan fingerprint density at radius 2 is 1.66 bits per heavy atom. The van der Waals surface area contributed by atoms with Crippen LogP contribution < -0.4 is 0 Å². The summed E-state index contributed by atoms with van der Waals surface area (Å²) in [5.74, 6) is -1.09. The summed E-state index contributed by atoms with van der Waals surface area (Å²) in [6.07, 6.45) is 0. The summed E-state index contributed by atoms with van der Waals surface area (Å²) in [5.41, 5.74) is 2.35. The van der Waals surface area contributed by atoms with Crippen LogP contribution in [0.15, 0.2) is 71.9 Å². The first-order chi connectivity index (χ1) is 16.9. The van der Waals surface area contributed by atoms with Crippen molar-refractivity contribution in [2.75, 3.05) is 13.2 Å². The number of benzene rings is 3. The molecule has 0 fully saturated rings. The Hall–Kier alpha value is -4.37. The van der Waals surface area contributed by atoms with Gasteiger partial charge in [-0.05, 0) is 31.2 Å². The first kappa shape index (κ1) is 23.8. The van der Waals surface area contributed by atoms with Crippen molar-refractivity contribution in [1.29, 1.82) is 0 Å². The van der Waals surface area contributed by atoms with Gasteiger partial charge in [0.1, 0.15) is 0 Å². The lowest BCUT2D eigenvalue weighted by Crippen LogP contribution is -2.17. The van der Waals surface area contributed by atoms with Gasteiger partial charge in [-0.2, -0.15) is 0 Å². The van der Waals surface area contributed by atoms with E-state index in [9.17, 15) is 19.7 Å². The number of Topliss-reactive ketones (excluding diaryl/α,β-unsaturated/α-hetero) is 1. The highest BCUT2D eigenvalue weighted by Gasteiger charge is 2.21. The van der Waals surface area contributed by atoms with Gasteiger partial charge in [0.15, 0.2) is 5.71 Å². The van der Waals surface area contributed by atoms with Gasteiger partial charge in [-0.15, -0.1) is 0 Å². The number of ketones is 1. The number of carbonyl (C=O) groups is 2. The maximum atomic E-state index is 13.5. The molecule has 0 bridgehead atoms. The fourth-order valence-corrected chi connectivity index (χ4v) is 3.96. The lowest BCUT2D eigenvalue weighted by atomic mass is 9.99. The average Bonchev–Trinajstić information content (AvgIpc) is 3.17. The van der Waals surface area contributed by atoms with E-state index in [0.717, 1.165) is 11.0 Å². The zero-order chi connectivity index (χ0) is 24.9. The van der Waals surface area contributed by atoms with Gasteiger partial charge in [0.05, 0.1) is 11.5 Å². The topological polar surface area (TPSA) is 113 Å². The van der Waals surface area contributed by atoms with Crippen LogP contribution in [0.5, 0.6) is 0 Å². The molecule has 1 aromatic heterocycles. The maximum Gasteiger partial charge on any atom is 0.332 e. The third kappa shape index (κ3) is 4.95. The molecule has 35 heavy (non-hydrogen) atoms. The number of oxime groups is 1. The molecule has 0 spiro atoms. The van der Waals surface area contributed by atoms with Crippen LogP contribution in [0.1, 0.15) is 29.8 Å². The summed E-state index contributed by atoms with van der Waals surface area (Å²) in [5, 5.41) is 16.6. The van der Waals surface area contributed by atoms with Crippen LogP contribution in [-0.2, 0) is 20.9 Å². The van der Waals surface area contributed by atoms with Gasteiger partial charge in [-0.1, -0.05) is 35.5 Å². The molecule has 9 heteroatoms. The van der Waals surface area contributed by atoms with E-state index in [4.69, 9.17) is 9.57 Å². The first-order valence-electron chi connectivity index (χ1n) is 11.0. The predicted molar refractivity (Wildman–Crippen MR) is 132 cm³/mol. The van der Waals surface area contributed by atoms with E-state index in [1.807, 2.05) is 11.5 Å². The van der Waals surface area contributed by atoms with Gasteiger partial charge >= 0.3 is 5.97 Å². The molecular weight excluding hydrogens is 450 g/mol. The van der Waals surface area contributed by atoms with E-state index in [-0.39, 0.29) is 11.4 Å². The van der Waals surface area contributed by atoms with Gasteiger partial charge in [0.25, 0.3) is 5.69 Å². The van der Waals surface area contributed by atoms with Crippen LogP contribution in [0.3, 0.4) is 0 Å². The fourth-order valence-electron chi connectivity index (χ4n) is 3.96.